The van der Waals surface area contributed by atoms with Crippen molar-refractivity contribution in [1.29, 1.82) is 0 Å². The molecule has 2 saturated heterocycles. The van der Waals surface area contributed by atoms with Crippen LogP contribution >= 0.6 is 0 Å². The van der Waals surface area contributed by atoms with Crippen LogP contribution in [-0.4, -0.2) is 35.3 Å². The highest BCUT2D eigenvalue weighted by atomic mass is 16.6. The first-order chi connectivity index (χ1) is 14.2. The third-order valence-corrected chi connectivity index (χ3v) is 11.1. The maximum atomic E-state index is 12.6. The van der Waals surface area contributed by atoms with Gasteiger partial charge in [0.1, 0.15) is 23.3 Å². The molecule has 0 N–H and O–H groups in total. The third-order valence-electron chi connectivity index (χ3n) is 11.1. The largest absolute Gasteiger partial charge is 0.458 e. The van der Waals surface area contributed by atoms with Crippen molar-refractivity contribution in [3.63, 3.8) is 0 Å². The van der Waals surface area contributed by atoms with Gasteiger partial charge in [-0.3, -0.25) is 9.59 Å². The van der Waals surface area contributed by atoms with Crippen LogP contribution in [-0.2, 0) is 23.9 Å². The number of ketones is 1. The molecule has 164 valence electrons. The number of fused-ring (bicyclic) bond motifs is 4. The molecule has 10 atom stereocenters. The predicted octanol–water partition coefficient (Wildman–Crippen LogP) is 3.87. The van der Waals surface area contributed by atoms with E-state index in [1.807, 2.05) is 0 Å². The van der Waals surface area contributed by atoms with Crippen molar-refractivity contribution in [1.82, 2.24) is 0 Å². The highest BCUT2D eigenvalue weighted by Crippen LogP contribution is 2.78. The summed E-state index contributed by atoms with van der Waals surface area (Å²) in [6.07, 6.45) is 8.75. The van der Waals surface area contributed by atoms with E-state index in [1.165, 1.54) is 6.29 Å². The molecule has 0 radical (unpaired) electrons. The minimum atomic E-state index is -0.369. The second-order valence-corrected chi connectivity index (χ2v) is 11.9. The van der Waals surface area contributed by atoms with Gasteiger partial charge >= 0.3 is 5.97 Å². The number of carbonyl (C=O) groups excluding carboxylic acids is 3. The smallest absolute Gasteiger partial charge is 0.306 e. The molecule has 6 aliphatic rings. The Morgan fingerprint density at radius 1 is 1.03 bits per heavy atom. The fourth-order valence-electron chi connectivity index (χ4n) is 9.46. The van der Waals surface area contributed by atoms with Crippen LogP contribution in [0.5, 0.6) is 0 Å². The number of epoxide rings is 1. The van der Waals surface area contributed by atoms with Crippen molar-refractivity contribution in [2.75, 3.05) is 0 Å². The van der Waals surface area contributed by atoms with Gasteiger partial charge in [-0.05, 0) is 56.8 Å². The molecule has 3 unspecified atom stereocenters. The summed E-state index contributed by atoms with van der Waals surface area (Å²) in [5.74, 6) is 1.25. The Labute approximate surface area is 178 Å². The maximum absolute atomic E-state index is 12.6. The van der Waals surface area contributed by atoms with Gasteiger partial charge in [-0.1, -0.05) is 20.8 Å². The van der Waals surface area contributed by atoms with Gasteiger partial charge in [-0.2, -0.15) is 0 Å². The van der Waals surface area contributed by atoms with Crippen molar-refractivity contribution in [2.24, 2.45) is 40.4 Å². The molecule has 30 heavy (non-hydrogen) atoms. The SMILES string of the molecule is C[C@@H]1C[C@@H]2CC(C=O)C3C4CC[C@@]5(CCC(=O)O5)[C@@]4(C)C[C@H]4O[C@@]34[C@@]2(C)CCC1=O. The second-order valence-electron chi connectivity index (χ2n) is 11.9. The molecule has 0 aromatic heterocycles. The summed E-state index contributed by atoms with van der Waals surface area (Å²) in [6, 6.07) is 0. The molecule has 0 aromatic carbocycles. The van der Waals surface area contributed by atoms with E-state index in [2.05, 4.69) is 20.8 Å². The number of aldehydes is 1. The molecule has 2 heterocycles. The van der Waals surface area contributed by atoms with E-state index in [9.17, 15) is 14.4 Å². The lowest BCUT2D eigenvalue weighted by Gasteiger charge is -2.59. The van der Waals surface area contributed by atoms with Crippen molar-refractivity contribution < 1.29 is 23.9 Å². The zero-order valence-corrected chi connectivity index (χ0v) is 18.4. The molecule has 4 aliphatic carbocycles. The third kappa shape index (κ3) is 2.02. The molecular formula is C25H34O5. The van der Waals surface area contributed by atoms with Gasteiger partial charge in [-0.25, -0.2) is 0 Å². The normalized spacial score (nSPS) is 58.9. The Morgan fingerprint density at radius 3 is 2.53 bits per heavy atom. The van der Waals surface area contributed by atoms with Crippen molar-refractivity contribution in [2.45, 2.75) is 95.9 Å². The van der Waals surface area contributed by atoms with Gasteiger partial charge in [0, 0.05) is 41.4 Å². The van der Waals surface area contributed by atoms with Crippen LogP contribution in [0, 0.1) is 40.4 Å². The lowest BCUT2D eigenvalue weighted by molar-refractivity contribution is -0.172. The molecular weight excluding hydrogens is 380 g/mol. The van der Waals surface area contributed by atoms with Crippen molar-refractivity contribution in [3.05, 3.63) is 0 Å². The van der Waals surface area contributed by atoms with E-state index in [0.717, 1.165) is 44.9 Å². The molecule has 6 fully saturated rings. The number of hydrogen-bond donors (Lipinski definition) is 0. The second kappa shape index (κ2) is 5.76. The molecule has 4 saturated carbocycles. The van der Waals surface area contributed by atoms with Crippen molar-refractivity contribution in [3.8, 4) is 0 Å². The first kappa shape index (κ1) is 19.5. The van der Waals surface area contributed by atoms with Crippen LogP contribution in [0.2, 0.25) is 0 Å². The summed E-state index contributed by atoms with van der Waals surface area (Å²) in [5, 5.41) is 0. The Hall–Kier alpha value is -1.23. The average molecular weight is 415 g/mol. The fourth-order valence-corrected chi connectivity index (χ4v) is 9.46. The maximum Gasteiger partial charge on any atom is 0.306 e. The average Bonchev–Trinajstić information content (AvgIpc) is 3.23. The quantitative estimate of drug-likeness (QED) is 0.370. The highest BCUT2D eigenvalue weighted by molar-refractivity contribution is 5.81. The molecule has 5 nitrogen and oxygen atoms in total. The van der Waals surface area contributed by atoms with E-state index in [-0.39, 0.29) is 51.9 Å². The van der Waals surface area contributed by atoms with Gasteiger partial charge < -0.3 is 14.3 Å². The summed E-state index contributed by atoms with van der Waals surface area (Å²) in [4.78, 5) is 37.2. The van der Waals surface area contributed by atoms with Crippen LogP contribution in [0.15, 0.2) is 0 Å². The summed E-state index contributed by atoms with van der Waals surface area (Å²) in [6.45, 7) is 6.73. The Kier molecular flexibility index (Phi) is 3.74. The molecule has 6 rings (SSSR count). The number of Topliss-reactive ketones (excluding diaryl/α,β-unsaturated/α-hetero) is 1. The number of esters is 1. The molecule has 5 heteroatoms. The minimum absolute atomic E-state index is 0.0228. The van der Waals surface area contributed by atoms with E-state index in [4.69, 9.17) is 9.47 Å². The monoisotopic (exact) mass is 414 g/mol. The van der Waals surface area contributed by atoms with E-state index in [0.29, 0.717) is 30.5 Å². The topological polar surface area (TPSA) is 73.0 Å². The number of rotatable bonds is 1. The van der Waals surface area contributed by atoms with E-state index in [1.54, 1.807) is 0 Å². The molecule has 2 aliphatic heterocycles. The van der Waals surface area contributed by atoms with Crippen molar-refractivity contribution >= 4 is 18.0 Å². The summed E-state index contributed by atoms with van der Waals surface area (Å²) < 4.78 is 12.8. The summed E-state index contributed by atoms with van der Waals surface area (Å²) in [7, 11) is 0. The van der Waals surface area contributed by atoms with Gasteiger partial charge in [0.25, 0.3) is 0 Å². The number of hydrogen-bond acceptors (Lipinski definition) is 5. The summed E-state index contributed by atoms with van der Waals surface area (Å²) in [5.41, 5.74) is -0.811. The Balaban J connectivity index is 1.44. The zero-order valence-electron chi connectivity index (χ0n) is 18.4. The van der Waals surface area contributed by atoms with Gasteiger partial charge in [-0.15, -0.1) is 0 Å². The van der Waals surface area contributed by atoms with Gasteiger partial charge in [0.05, 0.1) is 6.10 Å². The van der Waals surface area contributed by atoms with Crippen LogP contribution in [0.25, 0.3) is 0 Å². The standard InChI is InChI=1S/C25H34O5/c1-14-10-16-11-15(13-26)21-17-4-8-24(9-6-20(28)30-24)23(17,3)12-19-25(21,29-19)22(16,2)7-5-18(14)27/h13-17,19,21H,4-12H2,1-3H3/t14-,15?,16-,17?,19-,21?,22+,23+,24-,25-/m1/s1. The highest BCUT2D eigenvalue weighted by Gasteiger charge is 2.83. The fraction of sp³-hybridized carbons (Fsp3) is 0.880. The molecule has 0 amide bonds. The first-order valence-electron chi connectivity index (χ1n) is 12.1. The number of ether oxygens (including phenoxy) is 2. The van der Waals surface area contributed by atoms with Gasteiger partial charge in [0.15, 0.2) is 0 Å². The first-order valence-corrected chi connectivity index (χ1v) is 12.1. The Bertz CT molecular complexity index is 837. The number of carbonyl (C=O) groups is 3. The lowest BCUT2D eigenvalue weighted by atomic mass is 9.43. The Morgan fingerprint density at radius 2 is 1.83 bits per heavy atom. The minimum Gasteiger partial charge on any atom is -0.458 e. The zero-order chi connectivity index (χ0) is 21.1. The molecule has 0 bridgehead atoms. The van der Waals surface area contributed by atoms with E-state index < -0.39 is 0 Å². The molecule has 0 aromatic rings. The summed E-state index contributed by atoms with van der Waals surface area (Å²) >= 11 is 0. The molecule has 2 spiro atoms. The lowest BCUT2D eigenvalue weighted by Crippen LogP contribution is -2.63. The van der Waals surface area contributed by atoms with Crippen LogP contribution in [0.1, 0.15) is 78.6 Å². The predicted molar refractivity (Wildman–Crippen MR) is 108 cm³/mol. The van der Waals surface area contributed by atoms with Gasteiger partial charge in [0.2, 0.25) is 0 Å². The van der Waals surface area contributed by atoms with Crippen LogP contribution in [0.3, 0.4) is 0 Å². The van der Waals surface area contributed by atoms with Crippen LogP contribution in [0.4, 0.5) is 0 Å². The van der Waals surface area contributed by atoms with Crippen LogP contribution < -0.4 is 0 Å². The van der Waals surface area contributed by atoms with E-state index >= 15 is 0 Å².